The van der Waals surface area contributed by atoms with E-state index in [0.717, 1.165) is 0 Å². The maximum absolute atomic E-state index is 12.0. The Kier molecular flexibility index (Phi) is 6.27. The maximum Gasteiger partial charge on any atom is 0.240 e. The van der Waals surface area contributed by atoms with E-state index in [1.807, 2.05) is 20.8 Å². The maximum atomic E-state index is 12.0. The van der Waals surface area contributed by atoms with Gasteiger partial charge < -0.3 is 10.1 Å². The minimum Gasteiger partial charge on any atom is -0.494 e. The molecule has 19 heavy (non-hydrogen) atoms. The summed E-state index contributed by atoms with van der Waals surface area (Å²) in [5.41, 5.74) is 0. The Morgan fingerprint density at radius 2 is 1.79 bits per heavy atom. The molecule has 5 nitrogen and oxygen atoms in total. The fourth-order valence-corrected chi connectivity index (χ4v) is 2.54. The average Bonchev–Trinajstić information content (AvgIpc) is 2.36. The van der Waals surface area contributed by atoms with Crippen molar-refractivity contribution in [1.82, 2.24) is 10.0 Å². The molecule has 0 heterocycles. The quantitative estimate of drug-likeness (QED) is 0.708. The van der Waals surface area contributed by atoms with Gasteiger partial charge in [0.2, 0.25) is 10.0 Å². The molecule has 0 saturated carbocycles. The van der Waals surface area contributed by atoms with Gasteiger partial charge in [0.25, 0.3) is 0 Å². The summed E-state index contributed by atoms with van der Waals surface area (Å²) in [4.78, 5) is 0.250. The van der Waals surface area contributed by atoms with Gasteiger partial charge in [0.05, 0.1) is 11.5 Å². The summed E-state index contributed by atoms with van der Waals surface area (Å²) in [6.45, 7) is 7.45. The monoisotopic (exact) mass is 286 g/mol. The van der Waals surface area contributed by atoms with Crippen molar-refractivity contribution in [2.45, 2.75) is 31.7 Å². The second-order valence-electron chi connectivity index (χ2n) is 4.41. The third-order valence-corrected chi connectivity index (χ3v) is 3.89. The zero-order valence-corrected chi connectivity index (χ0v) is 12.5. The van der Waals surface area contributed by atoms with Crippen molar-refractivity contribution >= 4 is 10.0 Å². The predicted molar refractivity (Wildman–Crippen MR) is 75.9 cm³/mol. The summed E-state index contributed by atoms with van der Waals surface area (Å²) in [5, 5.41) is 3.15. The van der Waals surface area contributed by atoms with Crippen LogP contribution in [-0.4, -0.2) is 34.2 Å². The minimum absolute atomic E-state index is 0.250. The zero-order chi connectivity index (χ0) is 14.3. The van der Waals surface area contributed by atoms with Gasteiger partial charge in [-0.1, -0.05) is 13.8 Å². The summed E-state index contributed by atoms with van der Waals surface area (Å²) in [7, 11) is -3.44. The molecule has 0 fully saturated rings. The highest BCUT2D eigenvalue weighted by Gasteiger charge is 2.12. The molecule has 0 amide bonds. The van der Waals surface area contributed by atoms with Crippen LogP contribution in [0, 0.1) is 0 Å². The smallest absolute Gasteiger partial charge is 0.240 e. The Morgan fingerprint density at radius 1 is 1.16 bits per heavy atom. The van der Waals surface area contributed by atoms with Crippen molar-refractivity contribution in [3.63, 3.8) is 0 Å². The van der Waals surface area contributed by atoms with Crippen LogP contribution in [0.2, 0.25) is 0 Å². The van der Waals surface area contributed by atoms with E-state index in [9.17, 15) is 8.42 Å². The summed E-state index contributed by atoms with van der Waals surface area (Å²) < 4.78 is 31.8. The Labute approximate surface area is 115 Å². The van der Waals surface area contributed by atoms with Crippen LogP contribution in [0.3, 0.4) is 0 Å². The SMILES string of the molecule is CCOc1ccc(S(=O)(=O)NCCNC(C)C)cc1. The molecule has 0 spiro atoms. The molecule has 0 aliphatic rings. The molecular formula is C13H22N2O3S. The molecule has 0 unspecified atom stereocenters. The summed E-state index contributed by atoms with van der Waals surface area (Å²) in [6.07, 6.45) is 0. The van der Waals surface area contributed by atoms with Crippen molar-refractivity contribution in [2.24, 2.45) is 0 Å². The largest absolute Gasteiger partial charge is 0.494 e. The highest BCUT2D eigenvalue weighted by atomic mass is 32.2. The molecule has 0 bridgehead atoms. The van der Waals surface area contributed by atoms with Gasteiger partial charge in [0.15, 0.2) is 0 Å². The second kappa shape index (κ2) is 7.47. The molecule has 0 radical (unpaired) electrons. The van der Waals surface area contributed by atoms with Gasteiger partial charge in [0, 0.05) is 19.1 Å². The Bertz CT molecular complexity index is 469. The van der Waals surface area contributed by atoms with E-state index >= 15 is 0 Å². The highest BCUT2D eigenvalue weighted by molar-refractivity contribution is 7.89. The first-order chi connectivity index (χ1) is 8.95. The van der Waals surface area contributed by atoms with Crippen molar-refractivity contribution < 1.29 is 13.2 Å². The number of benzene rings is 1. The zero-order valence-electron chi connectivity index (χ0n) is 11.6. The Balaban J connectivity index is 2.56. The van der Waals surface area contributed by atoms with Crippen LogP contribution in [0.4, 0.5) is 0 Å². The van der Waals surface area contributed by atoms with Gasteiger partial charge in [-0.15, -0.1) is 0 Å². The lowest BCUT2D eigenvalue weighted by Crippen LogP contribution is -2.34. The molecule has 1 rings (SSSR count). The molecule has 1 aromatic carbocycles. The van der Waals surface area contributed by atoms with Crippen LogP contribution in [0.25, 0.3) is 0 Å². The van der Waals surface area contributed by atoms with E-state index in [2.05, 4.69) is 10.0 Å². The normalized spacial score (nSPS) is 11.8. The molecule has 0 saturated heterocycles. The number of hydrogen-bond donors (Lipinski definition) is 2. The van der Waals surface area contributed by atoms with Crippen LogP contribution in [0.1, 0.15) is 20.8 Å². The average molecular weight is 286 g/mol. The van der Waals surface area contributed by atoms with Gasteiger partial charge in [-0.3, -0.25) is 0 Å². The lowest BCUT2D eigenvalue weighted by molar-refractivity contribution is 0.340. The third kappa shape index (κ3) is 5.59. The van der Waals surface area contributed by atoms with Crippen molar-refractivity contribution in [2.75, 3.05) is 19.7 Å². The van der Waals surface area contributed by atoms with Crippen LogP contribution in [-0.2, 0) is 10.0 Å². The number of hydrogen-bond acceptors (Lipinski definition) is 4. The number of sulfonamides is 1. The lowest BCUT2D eigenvalue weighted by atomic mass is 10.3. The summed E-state index contributed by atoms with van der Waals surface area (Å²) in [5.74, 6) is 0.669. The van der Waals surface area contributed by atoms with Crippen LogP contribution in [0.5, 0.6) is 5.75 Å². The topological polar surface area (TPSA) is 67.4 Å². The lowest BCUT2D eigenvalue weighted by Gasteiger charge is -2.10. The molecule has 0 aliphatic heterocycles. The number of ether oxygens (including phenoxy) is 1. The molecule has 0 atom stereocenters. The van der Waals surface area contributed by atoms with Crippen LogP contribution < -0.4 is 14.8 Å². The van der Waals surface area contributed by atoms with E-state index in [1.54, 1.807) is 24.3 Å². The number of nitrogens with one attached hydrogen (secondary N) is 2. The first-order valence-electron chi connectivity index (χ1n) is 6.41. The summed E-state index contributed by atoms with van der Waals surface area (Å²) in [6, 6.07) is 6.75. The second-order valence-corrected chi connectivity index (χ2v) is 6.18. The van der Waals surface area contributed by atoms with Crippen LogP contribution >= 0.6 is 0 Å². The van der Waals surface area contributed by atoms with E-state index in [-0.39, 0.29) is 4.90 Å². The fraction of sp³-hybridized carbons (Fsp3) is 0.538. The molecule has 0 aromatic heterocycles. The van der Waals surface area contributed by atoms with E-state index in [1.165, 1.54) is 0 Å². The Hall–Kier alpha value is -1.11. The van der Waals surface area contributed by atoms with E-state index in [0.29, 0.717) is 31.5 Å². The van der Waals surface area contributed by atoms with E-state index < -0.39 is 10.0 Å². The first kappa shape index (κ1) is 15.9. The highest BCUT2D eigenvalue weighted by Crippen LogP contribution is 2.15. The molecule has 2 N–H and O–H groups in total. The molecule has 0 aliphatic carbocycles. The fourth-order valence-electron chi connectivity index (χ4n) is 1.51. The van der Waals surface area contributed by atoms with Crippen LogP contribution in [0.15, 0.2) is 29.2 Å². The molecule has 6 heteroatoms. The first-order valence-corrected chi connectivity index (χ1v) is 7.90. The van der Waals surface area contributed by atoms with Crippen molar-refractivity contribution in [3.8, 4) is 5.75 Å². The molecular weight excluding hydrogens is 264 g/mol. The molecule has 1 aromatic rings. The van der Waals surface area contributed by atoms with E-state index in [4.69, 9.17) is 4.74 Å². The predicted octanol–water partition coefficient (Wildman–Crippen LogP) is 1.36. The Morgan fingerprint density at radius 3 is 2.32 bits per heavy atom. The van der Waals surface area contributed by atoms with Gasteiger partial charge >= 0.3 is 0 Å². The van der Waals surface area contributed by atoms with Gasteiger partial charge in [-0.05, 0) is 31.2 Å². The van der Waals surface area contributed by atoms with Gasteiger partial charge in [-0.2, -0.15) is 0 Å². The van der Waals surface area contributed by atoms with Crippen molar-refractivity contribution in [1.29, 1.82) is 0 Å². The molecule has 108 valence electrons. The summed E-state index contributed by atoms with van der Waals surface area (Å²) >= 11 is 0. The standard InChI is InChI=1S/C13H22N2O3S/c1-4-18-12-5-7-13(8-6-12)19(16,17)15-10-9-14-11(2)3/h5-8,11,14-15H,4,9-10H2,1-3H3. The minimum atomic E-state index is -3.44. The number of rotatable bonds is 8. The van der Waals surface area contributed by atoms with Gasteiger partial charge in [-0.25, -0.2) is 13.1 Å². The van der Waals surface area contributed by atoms with Gasteiger partial charge in [0.1, 0.15) is 5.75 Å². The van der Waals surface area contributed by atoms with Crippen molar-refractivity contribution in [3.05, 3.63) is 24.3 Å². The third-order valence-electron chi connectivity index (χ3n) is 2.41.